The Morgan fingerprint density at radius 3 is 0.787 bits per heavy atom. The van der Waals surface area contributed by atoms with Gasteiger partial charge >= 0.3 is 0 Å². The van der Waals surface area contributed by atoms with E-state index in [0.717, 1.165) is 39.2 Å². The third kappa shape index (κ3) is 8.10. The van der Waals surface area contributed by atoms with E-state index >= 15 is 0 Å². The minimum Gasteiger partial charge on any atom is -0.309 e. The lowest BCUT2D eigenvalue weighted by Crippen LogP contribution is -2.74. The predicted octanol–water partition coefficient (Wildman–Crippen LogP) is 15.4. The van der Waals surface area contributed by atoms with E-state index in [1.54, 1.807) is 0 Å². The predicted molar refractivity (Wildman–Crippen MR) is 382 cm³/mol. The zero-order chi connectivity index (χ0) is 58.9. The summed E-state index contributed by atoms with van der Waals surface area (Å²) in [6.07, 6.45) is 0. The van der Waals surface area contributed by atoms with E-state index in [-0.39, 0.29) is 0 Å². The largest absolute Gasteiger partial charge is 0.309 e. The summed E-state index contributed by atoms with van der Waals surface area (Å²) in [5.41, 5.74) is 12.7. The smallest absolute Gasteiger partial charge is 0.179 e. The molecule has 0 aliphatic heterocycles. The molecule has 0 saturated heterocycles. The summed E-state index contributed by atoms with van der Waals surface area (Å²) in [5.74, 6) is 0. The van der Waals surface area contributed by atoms with Crippen molar-refractivity contribution in [3.8, 4) is 28.2 Å². The van der Waals surface area contributed by atoms with Crippen molar-refractivity contribution in [1.82, 2.24) is 13.7 Å². The molecule has 17 aromatic rings. The molecule has 0 amide bonds. The van der Waals surface area contributed by atoms with Gasteiger partial charge in [-0.15, -0.1) is 0 Å². The highest BCUT2D eigenvalue weighted by molar-refractivity contribution is 7.20. The van der Waals surface area contributed by atoms with Crippen molar-refractivity contribution in [3.05, 3.63) is 358 Å². The maximum Gasteiger partial charge on any atom is 0.179 e. The fourth-order valence-electron chi connectivity index (χ4n) is 15.2. The monoisotopic (exact) mass is 1170 g/mol. The first-order valence-corrected chi connectivity index (χ1v) is 34.8. The van der Waals surface area contributed by atoms with Crippen molar-refractivity contribution in [1.29, 1.82) is 0 Å². The van der Waals surface area contributed by atoms with Crippen LogP contribution in [0.4, 0.5) is 0 Å². The number of fused-ring (bicyclic) bond motifs is 9. The van der Waals surface area contributed by atoms with E-state index < -0.39 is 16.1 Å². The van der Waals surface area contributed by atoms with Crippen molar-refractivity contribution < 1.29 is 0 Å². The fourth-order valence-corrected chi connectivity index (χ4v) is 24.8. The Kier molecular flexibility index (Phi) is 12.6. The normalized spacial score (nSPS) is 12.0. The van der Waals surface area contributed by atoms with Gasteiger partial charge in [0.15, 0.2) is 16.1 Å². The summed E-state index contributed by atoms with van der Waals surface area (Å²) in [6, 6.07) is 134. The average molecular weight is 1170 g/mol. The molecule has 89 heavy (non-hydrogen) atoms. The van der Waals surface area contributed by atoms with Crippen LogP contribution in [-0.2, 0) is 0 Å². The first-order valence-electron chi connectivity index (χ1n) is 30.8. The molecule has 0 aliphatic carbocycles. The van der Waals surface area contributed by atoms with Gasteiger partial charge in [-0.1, -0.05) is 297 Å². The molecule has 0 atom stereocenters. The Balaban J connectivity index is 0.831. The summed E-state index contributed by atoms with van der Waals surface area (Å²) >= 11 is 0. The first kappa shape index (κ1) is 52.3. The number of para-hydroxylation sites is 5. The first-order chi connectivity index (χ1) is 44.2. The van der Waals surface area contributed by atoms with Crippen LogP contribution in [0.3, 0.4) is 0 Å². The molecule has 0 unspecified atom stereocenters. The second-order valence-corrected chi connectivity index (χ2v) is 31.1. The highest BCUT2D eigenvalue weighted by Gasteiger charge is 2.43. The number of aromatic nitrogens is 3. The zero-order valence-electron chi connectivity index (χ0n) is 48.9. The number of nitrogens with zero attached hydrogens (tertiary/aromatic N) is 3. The Labute approximate surface area is 519 Å². The molecule has 0 bridgehead atoms. The molecule has 0 aliphatic rings. The van der Waals surface area contributed by atoms with Gasteiger partial charge < -0.3 is 13.7 Å². The van der Waals surface area contributed by atoms with Gasteiger partial charge in [0.25, 0.3) is 0 Å². The zero-order valence-corrected chi connectivity index (χ0v) is 50.9. The van der Waals surface area contributed by atoms with Gasteiger partial charge in [-0.05, 0) is 102 Å². The molecule has 0 spiro atoms. The van der Waals surface area contributed by atoms with Crippen LogP contribution in [0.25, 0.3) is 93.6 Å². The Bertz CT molecular complexity index is 5290. The van der Waals surface area contributed by atoms with E-state index in [2.05, 4.69) is 372 Å². The van der Waals surface area contributed by atoms with Crippen molar-refractivity contribution in [2.24, 2.45) is 0 Å². The maximum absolute atomic E-state index is 2.82. The number of hydrogen-bond acceptors (Lipinski definition) is 0. The topological polar surface area (TPSA) is 14.8 Å². The summed E-state index contributed by atoms with van der Waals surface area (Å²) in [4.78, 5) is 0. The second kappa shape index (κ2) is 21.4. The lowest BCUT2D eigenvalue weighted by atomic mass is 10.0. The third-order valence-electron chi connectivity index (χ3n) is 18.9. The summed E-state index contributed by atoms with van der Waals surface area (Å²) < 4.78 is 7.50. The molecule has 17 rings (SSSR count). The highest BCUT2D eigenvalue weighted by atomic mass is 28.3. The van der Waals surface area contributed by atoms with Crippen LogP contribution in [-0.4, -0.2) is 29.8 Å². The van der Waals surface area contributed by atoms with Gasteiger partial charge in [-0.3, -0.25) is 0 Å². The quantitative estimate of drug-likeness (QED) is 0.0855. The molecule has 418 valence electrons. The van der Waals surface area contributed by atoms with E-state index in [1.165, 1.54) is 95.9 Å². The molecule has 5 heteroatoms. The molecular weight excluding hydrogens is 1110 g/mol. The van der Waals surface area contributed by atoms with Crippen LogP contribution in [0.1, 0.15) is 0 Å². The molecular formula is C84H59N3Si2. The second-order valence-electron chi connectivity index (χ2n) is 23.5. The Morgan fingerprint density at radius 1 is 0.169 bits per heavy atom. The molecule has 3 heterocycles. The van der Waals surface area contributed by atoms with Crippen LogP contribution in [0, 0.1) is 0 Å². The Morgan fingerprint density at radius 2 is 0.427 bits per heavy atom. The van der Waals surface area contributed by atoms with Gasteiger partial charge in [-0.25, -0.2) is 0 Å². The molecule has 14 aromatic carbocycles. The van der Waals surface area contributed by atoms with Gasteiger partial charge in [0.1, 0.15) is 0 Å². The molecule has 0 fully saturated rings. The van der Waals surface area contributed by atoms with Crippen LogP contribution < -0.4 is 41.5 Å². The SMILES string of the molecule is c1ccc([Si](c2ccccc2)(c2ccccc2)c2ccc3c(c2)c2ccccc2n3-c2ccc3c(c2)c2ccccc2n3-c2ccccc2-c2ccccc2-n2c3ccccc3c3cc([Si](c4ccccc4)(c4ccccc4)c4ccccc4)ccc32)cc1. The van der Waals surface area contributed by atoms with E-state index in [4.69, 9.17) is 0 Å². The lowest BCUT2D eigenvalue weighted by Gasteiger charge is -2.34. The summed E-state index contributed by atoms with van der Waals surface area (Å²) in [6.45, 7) is 0. The average Bonchev–Trinajstić information content (AvgIpc) is 1.84. The van der Waals surface area contributed by atoms with Crippen molar-refractivity contribution in [3.63, 3.8) is 0 Å². The van der Waals surface area contributed by atoms with Crippen LogP contribution in [0.2, 0.25) is 0 Å². The summed E-state index contributed by atoms with van der Waals surface area (Å²) in [5, 5.41) is 18.2. The van der Waals surface area contributed by atoms with Gasteiger partial charge in [0, 0.05) is 49.1 Å². The van der Waals surface area contributed by atoms with Crippen LogP contribution in [0.15, 0.2) is 358 Å². The number of hydrogen-bond donors (Lipinski definition) is 0. The summed E-state index contributed by atoms with van der Waals surface area (Å²) in [7, 11) is -5.62. The van der Waals surface area contributed by atoms with Crippen LogP contribution >= 0.6 is 0 Å². The van der Waals surface area contributed by atoms with E-state index in [0.29, 0.717) is 0 Å². The van der Waals surface area contributed by atoms with Crippen molar-refractivity contribution in [2.75, 3.05) is 0 Å². The molecule has 3 nitrogen and oxygen atoms in total. The van der Waals surface area contributed by atoms with Crippen molar-refractivity contribution >= 4 is 123 Å². The molecule has 0 N–H and O–H groups in total. The number of benzene rings is 14. The number of rotatable bonds is 12. The third-order valence-corrected chi connectivity index (χ3v) is 28.5. The van der Waals surface area contributed by atoms with Crippen molar-refractivity contribution in [2.45, 2.75) is 0 Å². The minimum absolute atomic E-state index is 1.12. The fraction of sp³-hybridized carbons (Fsp3) is 0. The lowest BCUT2D eigenvalue weighted by molar-refractivity contribution is 1.15. The van der Waals surface area contributed by atoms with Crippen LogP contribution in [0.5, 0.6) is 0 Å². The standard InChI is InChI=1S/C84H59N3Si2/c1-7-29-61(30-8-1)88(62-31-9-2-10-32-62,63-33-11-3-12-34-63)67-52-55-82-75(58-67)72-44-21-24-46-77(72)85(82)60-51-54-83-74(57-60)71-43-22-27-49-80(71)86(83)78-47-25-19-41-69(78)70-42-20-26-48-79(70)87-81-50-28-23-45-73(81)76-59-68(53-56-84(76)87)89(64-35-13-4-14-36-64,65-37-15-5-16-38-65)66-39-17-6-18-40-66/h1-59H. The Hall–Kier alpha value is -11.1. The van der Waals surface area contributed by atoms with Gasteiger partial charge in [0.2, 0.25) is 0 Å². The highest BCUT2D eigenvalue weighted by Crippen LogP contribution is 2.42. The molecule has 0 radical (unpaired) electrons. The molecule has 0 saturated carbocycles. The minimum atomic E-state index is -2.82. The molecule has 3 aromatic heterocycles. The van der Waals surface area contributed by atoms with Gasteiger partial charge in [0.05, 0.1) is 44.5 Å². The van der Waals surface area contributed by atoms with E-state index in [9.17, 15) is 0 Å². The van der Waals surface area contributed by atoms with Gasteiger partial charge in [-0.2, -0.15) is 0 Å². The maximum atomic E-state index is 2.53. The van der Waals surface area contributed by atoms with E-state index in [1.807, 2.05) is 0 Å².